The number of unbranched alkanes of at least 4 members (excludes halogenated alkanes) is 1. The average Bonchev–Trinajstić information content (AvgIpc) is 2.49. The van der Waals surface area contributed by atoms with E-state index in [0.717, 1.165) is 6.42 Å². The number of hydrogen-bond acceptors (Lipinski definition) is 7. The van der Waals surface area contributed by atoms with E-state index < -0.39 is 24.1 Å². The third kappa shape index (κ3) is 10.0. The second-order valence-electron chi connectivity index (χ2n) is 4.77. The van der Waals surface area contributed by atoms with Gasteiger partial charge in [-0.2, -0.15) is 0 Å². The highest BCUT2D eigenvalue weighted by atomic mass is 16.6. The van der Waals surface area contributed by atoms with Crippen LogP contribution in [-0.2, 0) is 14.3 Å². The molecule has 0 aliphatic heterocycles. The molecule has 23 heavy (non-hydrogen) atoms. The minimum absolute atomic E-state index is 0.0779. The van der Waals surface area contributed by atoms with E-state index in [4.69, 9.17) is 28.8 Å². The zero-order valence-electron chi connectivity index (χ0n) is 13.2. The van der Waals surface area contributed by atoms with Crippen molar-refractivity contribution in [3.8, 4) is 0 Å². The number of carbonyl (C=O) groups is 2. The number of guanidine groups is 2. The van der Waals surface area contributed by atoms with Gasteiger partial charge in [0.15, 0.2) is 5.96 Å². The van der Waals surface area contributed by atoms with E-state index in [1.165, 1.54) is 0 Å². The molecule has 0 bridgehead atoms. The first-order valence-corrected chi connectivity index (χ1v) is 7.18. The number of hydrazine groups is 1. The van der Waals surface area contributed by atoms with Crippen molar-refractivity contribution in [1.29, 1.82) is 0 Å². The van der Waals surface area contributed by atoms with Gasteiger partial charge in [-0.15, -0.1) is 0 Å². The summed E-state index contributed by atoms with van der Waals surface area (Å²) in [5.41, 5.74) is 23.8. The summed E-state index contributed by atoms with van der Waals surface area (Å²) in [6, 6.07) is -1.00. The Kier molecular flexibility index (Phi) is 10.0. The van der Waals surface area contributed by atoms with E-state index in [0.29, 0.717) is 6.42 Å². The summed E-state index contributed by atoms with van der Waals surface area (Å²) < 4.78 is 4.65. The third-order valence-corrected chi connectivity index (χ3v) is 2.72. The first-order chi connectivity index (χ1) is 10.8. The lowest BCUT2D eigenvalue weighted by Crippen LogP contribution is -2.39. The standard InChI is InChI=1S/C12H26N8O3/c1-2-3-4-9(21)23-10(22)7(13)5-6-8(18-11(14)15)19-12(16)20-17/h7-8H,2-6,13,17H2,1H3,(H4,14,15,18)(H3,16,19,20)/t7-,8?/m0/s1. The van der Waals surface area contributed by atoms with E-state index in [1.807, 2.05) is 6.92 Å². The van der Waals surface area contributed by atoms with Crippen LogP contribution in [0.3, 0.4) is 0 Å². The van der Waals surface area contributed by atoms with Gasteiger partial charge >= 0.3 is 11.9 Å². The Bertz CT molecular complexity index is 448. The van der Waals surface area contributed by atoms with Crippen LogP contribution in [0.1, 0.15) is 39.0 Å². The van der Waals surface area contributed by atoms with Crippen LogP contribution in [0.5, 0.6) is 0 Å². The Morgan fingerprint density at radius 2 is 1.83 bits per heavy atom. The molecule has 0 spiro atoms. The van der Waals surface area contributed by atoms with Crippen molar-refractivity contribution in [1.82, 2.24) is 5.43 Å². The number of aliphatic imine (C=N–C) groups is 2. The largest absolute Gasteiger partial charge is 0.392 e. The van der Waals surface area contributed by atoms with E-state index >= 15 is 0 Å². The van der Waals surface area contributed by atoms with Crippen LogP contribution in [0.2, 0.25) is 0 Å². The van der Waals surface area contributed by atoms with Crippen molar-refractivity contribution in [3.05, 3.63) is 0 Å². The number of nitrogens with zero attached hydrogens (tertiary/aromatic N) is 2. The average molecular weight is 330 g/mol. The molecule has 11 heteroatoms. The number of hydrogen-bond donors (Lipinski definition) is 6. The lowest BCUT2D eigenvalue weighted by atomic mass is 10.1. The van der Waals surface area contributed by atoms with Crippen LogP contribution >= 0.6 is 0 Å². The minimum Gasteiger partial charge on any atom is -0.392 e. The zero-order valence-corrected chi connectivity index (χ0v) is 13.2. The molecule has 0 heterocycles. The molecule has 2 atom stereocenters. The first kappa shape index (κ1) is 20.6. The van der Waals surface area contributed by atoms with E-state index in [2.05, 4.69) is 20.1 Å². The normalized spacial score (nSPS) is 13.8. The van der Waals surface area contributed by atoms with Crippen molar-refractivity contribution in [2.45, 2.75) is 51.2 Å². The zero-order chi connectivity index (χ0) is 17.8. The molecule has 0 amide bonds. The monoisotopic (exact) mass is 330 g/mol. The molecular formula is C12H26N8O3. The van der Waals surface area contributed by atoms with Crippen LogP contribution in [0.15, 0.2) is 9.98 Å². The SMILES string of the molecule is CCCCC(=O)OC(=O)[C@@H](N)CCC(N=C(N)N)N=C(N)NN. The summed E-state index contributed by atoms with van der Waals surface area (Å²) >= 11 is 0. The van der Waals surface area contributed by atoms with Crippen LogP contribution in [-0.4, -0.2) is 36.1 Å². The summed E-state index contributed by atoms with van der Waals surface area (Å²) in [6.07, 6.45) is 1.24. The molecule has 11 nitrogen and oxygen atoms in total. The van der Waals surface area contributed by atoms with Crippen LogP contribution < -0.4 is 34.2 Å². The molecule has 0 aliphatic carbocycles. The van der Waals surface area contributed by atoms with Gasteiger partial charge in [0.1, 0.15) is 12.2 Å². The highest BCUT2D eigenvalue weighted by molar-refractivity contribution is 5.88. The molecule has 0 aromatic heterocycles. The van der Waals surface area contributed by atoms with Crippen molar-refractivity contribution in [2.24, 2.45) is 38.8 Å². The number of nitrogens with one attached hydrogen (secondary N) is 1. The molecule has 0 saturated carbocycles. The lowest BCUT2D eigenvalue weighted by Gasteiger charge is -2.13. The topological polar surface area (TPSA) is 210 Å². The molecule has 132 valence electrons. The molecule has 0 radical (unpaired) electrons. The quantitative estimate of drug-likeness (QED) is 0.0670. The van der Waals surface area contributed by atoms with Crippen molar-refractivity contribution >= 4 is 23.9 Å². The van der Waals surface area contributed by atoms with Gasteiger partial charge in [-0.3, -0.25) is 10.2 Å². The summed E-state index contributed by atoms with van der Waals surface area (Å²) in [4.78, 5) is 30.8. The van der Waals surface area contributed by atoms with Gasteiger partial charge in [-0.25, -0.2) is 20.6 Å². The van der Waals surface area contributed by atoms with Gasteiger partial charge in [-0.05, 0) is 19.3 Å². The Morgan fingerprint density at radius 3 is 2.35 bits per heavy atom. The number of rotatable bonds is 9. The summed E-state index contributed by atoms with van der Waals surface area (Å²) in [7, 11) is 0. The van der Waals surface area contributed by atoms with Crippen molar-refractivity contribution in [2.75, 3.05) is 0 Å². The Labute approximate surface area is 134 Å². The molecule has 1 unspecified atom stereocenters. The van der Waals surface area contributed by atoms with Gasteiger partial charge in [0, 0.05) is 6.42 Å². The van der Waals surface area contributed by atoms with E-state index in [9.17, 15) is 9.59 Å². The fourth-order valence-corrected chi connectivity index (χ4v) is 1.53. The van der Waals surface area contributed by atoms with Gasteiger partial charge in [0.05, 0.1) is 0 Å². The minimum atomic E-state index is -1.00. The van der Waals surface area contributed by atoms with Crippen molar-refractivity contribution < 1.29 is 14.3 Å². The Morgan fingerprint density at radius 1 is 1.17 bits per heavy atom. The van der Waals surface area contributed by atoms with Crippen molar-refractivity contribution in [3.63, 3.8) is 0 Å². The summed E-state index contributed by atoms with van der Waals surface area (Å²) in [5, 5.41) is 0. The summed E-state index contributed by atoms with van der Waals surface area (Å²) in [6.45, 7) is 1.92. The fourth-order valence-electron chi connectivity index (χ4n) is 1.53. The molecule has 0 aromatic carbocycles. The Hall–Kier alpha value is -2.40. The third-order valence-electron chi connectivity index (χ3n) is 2.72. The van der Waals surface area contributed by atoms with Gasteiger partial charge in [0.25, 0.3) is 0 Å². The highest BCUT2D eigenvalue weighted by Gasteiger charge is 2.20. The molecule has 0 saturated heterocycles. The molecule has 0 fully saturated rings. The molecule has 0 rings (SSSR count). The van der Waals surface area contributed by atoms with E-state index in [1.54, 1.807) is 0 Å². The smallest absolute Gasteiger partial charge is 0.330 e. The van der Waals surface area contributed by atoms with Gasteiger partial charge in [0.2, 0.25) is 5.96 Å². The van der Waals surface area contributed by atoms with Crippen LogP contribution in [0.4, 0.5) is 0 Å². The number of carbonyl (C=O) groups excluding carboxylic acids is 2. The first-order valence-electron chi connectivity index (χ1n) is 7.18. The molecular weight excluding hydrogens is 304 g/mol. The second kappa shape index (κ2) is 11.2. The molecule has 0 aromatic rings. The predicted octanol–water partition coefficient (Wildman–Crippen LogP) is -2.27. The number of esters is 2. The maximum Gasteiger partial charge on any atom is 0.330 e. The number of nitrogens with two attached hydrogens (primary N) is 5. The molecule has 0 aliphatic rings. The van der Waals surface area contributed by atoms with Crippen LogP contribution in [0, 0.1) is 0 Å². The number of ether oxygens (including phenoxy) is 1. The maximum atomic E-state index is 11.7. The van der Waals surface area contributed by atoms with E-state index in [-0.39, 0.29) is 31.2 Å². The van der Waals surface area contributed by atoms with Gasteiger partial charge < -0.3 is 27.7 Å². The van der Waals surface area contributed by atoms with Crippen LogP contribution in [0.25, 0.3) is 0 Å². The van der Waals surface area contributed by atoms with Gasteiger partial charge in [-0.1, -0.05) is 13.3 Å². The fraction of sp³-hybridized carbons (Fsp3) is 0.667. The Balaban J connectivity index is 4.50. The summed E-state index contributed by atoms with van der Waals surface area (Å²) in [5.74, 6) is 3.42. The highest BCUT2D eigenvalue weighted by Crippen LogP contribution is 2.07. The predicted molar refractivity (Wildman–Crippen MR) is 86.4 cm³/mol. The second-order valence-corrected chi connectivity index (χ2v) is 4.77. The molecule has 11 N–H and O–H groups in total. The lowest BCUT2D eigenvalue weighted by molar-refractivity contribution is -0.160. The maximum absolute atomic E-state index is 11.7.